The van der Waals surface area contributed by atoms with Crippen molar-refractivity contribution in [3.8, 4) is 0 Å². The van der Waals surface area contributed by atoms with Crippen molar-refractivity contribution in [1.82, 2.24) is 0 Å². The molecular weight excluding hydrogens is 162 g/mol. The molecule has 0 radical (unpaired) electrons. The van der Waals surface area contributed by atoms with Crippen LogP contribution in [-0.2, 0) is 11.2 Å². The molecule has 70 valence electrons. The fourth-order valence-corrected chi connectivity index (χ4v) is 1.25. The zero-order valence-corrected chi connectivity index (χ0v) is 7.65. The molecule has 1 rings (SSSR count). The average molecular weight is 177 g/mol. The number of aldehydes is 1. The average Bonchev–Trinajstić information content (AvgIpc) is 2.19. The van der Waals surface area contributed by atoms with Crippen LogP contribution in [0.25, 0.3) is 0 Å². The standard InChI is InChI=1S/C11H15NO/c12-11(9-13)8-4-7-10-5-2-1-3-6-10/h1-3,5-6,9,11H,4,7-8,12H2. The number of nitrogens with two attached hydrogens (primary N) is 1. The molecule has 0 aromatic heterocycles. The Morgan fingerprint density at radius 2 is 2.00 bits per heavy atom. The minimum absolute atomic E-state index is 0.288. The second kappa shape index (κ2) is 5.49. The smallest absolute Gasteiger partial charge is 0.136 e. The van der Waals surface area contributed by atoms with Gasteiger partial charge < -0.3 is 10.5 Å². The van der Waals surface area contributed by atoms with Gasteiger partial charge in [-0.05, 0) is 24.8 Å². The Morgan fingerprint density at radius 3 is 2.62 bits per heavy atom. The van der Waals surface area contributed by atoms with Crippen molar-refractivity contribution in [3.63, 3.8) is 0 Å². The van der Waals surface area contributed by atoms with Crippen LogP contribution < -0.4 is 5.73 Å². The van der Waals surface area contributed by atoms with E-state index in [-0.39, 0.29) is 6.04 Å². The second-order valence-electron chi connectivity index (χ2n) is 3.18. The van der Waals surface area contributed by atoms with Gasteiger partial charge in [-0.25, -0.2) is 0 Å². The first kappa shape index (κ1) is 9.93. The monoisotopic (exact) mass is 177 g/mol. The number of aryl methyl sites for hydroxylation is 1. The van der Waals surface area contributed by atoms with E-state index in [1.165, 1.54) is 5.56 Å². The highest BCUT2D eigenvalue weighted by Crippen LogP contribution is 2.04. The number of rotatable bonds is 5. The number of carbonyl (C=O) groups is 1. The molecule has 2 heteroatoms. The third-order valence-electron chi connectivity index (χ3n) is 2.02. The van der Waals surface area contributed by atoms with Crippen molar-refractivity contribution >= 4 is 6.29 Å². The van der Waals surface area contributed by atoms with E-state index in [2.05, 4.69) is 12.1 Å². The van der Waals surface area contributed by atoms with E-state index in [1.807, 2.05) is 18.2 Å². The van der Waals surface area contributed by atoms with Crippen LogP contribution >= 0.6 is 0 Å². The van der Waals surface area contributed by atoms with E-state index in [4.69, 9.17) is 5.73 Å². The zero-order chi connectivity index (χ0) is 9.52. The predicted octanol–water partition coefficient (Wildman–Crippen LogP) is 1.54. The molecule has 0 spiro atoms. The summed E-state index contributed by atoms with van der Waals surface area (Å²) >= 11 is 0. The van der Waals surface area contributed by atoms with E-state index < -0.39 is 0 Å². The van der Waals surface area contributed by atoms with Gasteiger partial charge in [0.15, 0.2) is 0 Å². The van der Waals surface area contributed by atoms with Gasteiger partial charge in [-0.3, -0.25) is 0 Å². The van der Waals surface area contributed by atoms with Crippen LogP contribution in [-0.4, -0.2) is 12.3 Å². The highest BCUT2D eigenvalue weighted by atomic mass is 16.1. The SMILES string of the molecule is NC(C=O)CCCc1ccccc1. The Morgan fingerprint density at radius 1 is 1.31 bits per heavy atom. The van der Waals surface area contributed by atoms with Gasteiger partial charge in [0.1, 0.15) is 6.29 Å². The minimum atomic E-state index is -0.288. The molecule has 1 aromatic rings. The van der Waals surface area contributed by atoms with Crippen molar-refractivity contribution < 1.29 is 4.79 Å². The number of hydrogen-bond acceptors (Lipinski definition) is 2. The summed E-state index contributed by atoms with van der Waals surface area (Å²) in [6, 6.07) is 9.94. The Bertz CT molecular complexity index is 246. The summed E-state index contributed by atoms with van der Waals surface area (Å²) in [7, 11) is 0. The molecule has 0 amide bonds. The topological polar surface area (TPSA) is 43.1 Å². The van der Waals surface area contributed by atoms with Crippen LogP contribution in [0, 0.1) is 0 Å². The summed E-state index contributed by atoms with van der Waals surface area (Å²) < 4.78 is 0. The van der Waals surface area contributed by atoms with Gasteiger partial charge in [0, 0.05) is 0 Å². The first-order chi connectivity index (χ1) is 6.33. The van der Waals surface area contributed by atoms with Crippen molar-refractivity contribution in [3.05, 3.63) is 35.9 Å². The highest BCUT2D eigenvalue weighted by Gasteiger charge is 1.99. The molecule has 0 aliphatic carbocycles. The molecule has 1 aromatic carbocycles. The highest BCUT2D eigenvalue weighted by molar-refractivity contribution is 5.56. The van der Waals surface area contributed by atoms with Gasteiger partial charge in [0.2, 0.25) is 0 Å². The largest absolute Gasteiger partial charge is 0.322 e. The summed E-state index contributed by atoms with van der Waals surface area (Å²) in [5.74, 6) is 0. The second-order valence-corrected chi connectivity index (χ2v) is 3.18. The van der Waals surface area contributed by atoms with Gasteiger partial charge in [-0.2, -0.15) is 0 Å². The van der Waals surface area contributed by atoms with Gasteiger partial charge in [0.05, 0.1) is 6.04 Å². The van der Waals surface area contributed by atoms with Gasteiger partial charge >= 0.3 is 0 Å². The molecule has 0 saturated heterocycles. The van der Waals surface area contributed by atoms with Crippen LogP contribution in [0.3, 0.4) is 0 Å². The summed E-state index contributed by atoms with van der Waals surface area (Å²) in [6.07, 6.45) is 3.57. The Kier molecular flexibility index (Phi) is 4.19. The molecule has 0 heterocycles. The molecule has 0 bridgehead atoms. The molecule has 1 unspecified atom stereocenters. The lowest BCUT2D eigenvalue weighted by atomic mass is 10.1. The molecule has 0 fully saturated rings. The first-order valence-electron chi connectivity index (χ1n) is 4.57. The van der Waals surface area contributed by atoms with E-state index in [1.54, 1.807) is 0 Å². The lowest BCUT2D eigenvalue weighted by molar-refractivity contribution is -0.109. The maximum absolute atomic E-state index is 10.2. The van der Waals surface area contributed by atoms with Crippen LogP contribution in [0.4, 0.5) is 0 Å². The molecule has 0 aliphatic heterocycles. The quantitative estimate of drug-likeness (QED) is 0.693. The predicted molar refractivity (Wildman–Crippen MR) is 53.4 cm³/mol. The third kappa shape index (κ3) is 3.85. The summed E-state index contributed by atoms with van der Waals surface area (Å²) in [5.41, 5.74) is 6.78. The van der Waals surface area contributed by atoms with Crippen molar-refractivity contribution in [2.45, 2.75) is 25.3 Å². The first-order valence-corrected chi connectivity index (χ1v) is 4.57. The summed E-state index contributed by atoms with van der Waals surface area (Å²) in [4.78, 5) is 10.2. The molecule has 2 nitrogen and oxygen atoms in total. The number of carbonyl (C=O) groups excluding carboxylic acids is 1. The Balaban J connectivity index is 2.24. The maximum atomic E-state index is 10.2. The maximum Gasteiger partial charge on any atom is 0.136 e. The summed E-state index contributed by atoms with van der Waals surface area (Å²) in [6.45, 7) is 0. The van der Waals surface area contributed by atoms with E-state index in [0.717, 1.165) is 25.5 Å². The lowest BCUT2D eigenvalue weighted by Crippen LogP contribution is -2.21. The van der Waals surface area contributed by atoms with E-state index >= 15 is 0 Å². The normalized spacial score (nSPS) is 12.4. The Hall–Kier alpha value is -1.15. The van der Waals surface area contributed by atoms with Crippen LogP contribution in [0.2, 0.25) is 0 Å². The molecule has 2 N–H and O–H groups in total. The molecule has 13 heavy (non-hydrogen) atoms. The van der Waals surface area contributed by atoms with E-state index in [9.17, 15) is 4.79 Å². The zero-order valence-electron chi connectivity index (χ0n) is 7.65. The van der Waals surface area contributed by atoms with Gasteiger partial charge in [-0.1, -0.05) is 30.3 Å². The lowest BCUT2D eigenvalue weighted by Gasteiger charge is -2.03. The van der Waals surface area contributed by atoms with Gasteiger partial charge in [-0.15, -0.1) is 0 Å². The van der Waals surface area contributed by atoms with E-state index in [0.29, 0.717) is 0 Å². The number of hydrogen-bond donors (Lipinski definition) is 1. The molecule has 1 atom stereocenters. The fraction of sp³-hybridized carbons (Fsp3) is 0.364. The van der Waals surface area contributed by atoms with Crippen LogP contribution in [0.5, 0.6) is 0 Å². The number of benzene rings is 1. The van der Waals surface area contributed by atoms with Crippen LogP contribution in [0.1, 0.15) is 18.4 Å². The van der Waals surface area contributed by atoms with Crippen molar-refractivity contribution in [1.29, 1.82) is 0 Å². The van der Waals surface area contributed by atoms with Crippen molar-refractivity contribution in [2.75, 3.05) is 0 Å². The summed E-state index contributed by atoms with van der Waals surface area (Å²) in [5, 5.41) is 0. The fourth-order valence-electron chi connectivity index (χ4n) is 1.25. The van der Waals surface area contributed by atoms with Crippen molar-refractivity contribution in [2.24, 2.45) is 5.73 Å². The van der Waals surface area contributed by atoms with Crippen LogP contribution in [0.15, 0.2) is 30.3 Å². The minimum Gasteiger partial charge on any atom is -0.322 e. The van der Waals surface area contributed by atoms with Gasteiger partial charge in [0.25, 0.3) is 0 Å². The third-order valence-corrected chi connectivity index (χ3v) is 2.02. The molecular formula is C11H15NO. The Labute approximate surface area is 78.8 Å². The molecule has 0 saturated carbocycles. The molecule has 0 aliphatic rings.